The van der Waals surface area contributed by atoms with E-state index in [1.165, 1.54) is 12.1 Å². The van der Waals surface area contributed by atoms with Gasteiger partial charge >= 0.3 is 12.2 Å². The quantitative estimate of drug-likeness (QED) is 0.662. The molecule has 0 fully saturated rings. The lowest BCUT2D eigenvalue weighted by atomic mass is 10.2. The molecule has 3 rings (SSSR count). The summed E-state index contributed by atoms with van der Waals surface area (Å²) in [7, 11) is 0. The van der Waals surface area contributed by atoms with Crippen LogP contribution in [0.3, 0.4) is 0 Å². The molecule has 0 atom stereocenters. The Morgan fingerprint density at radius 2 is 1.48 bits per heavy atom. The van der Waals surface area contributed by atoms with Gasteiger partial charge in [0.25, 0.3) is 0 Å². The molecule has 0 saturated carbocycles. The summed E-state index contributed by atoms with van der Waals surface area (Å²) >= 11 is 0. The molecule has 8 heteroatoms. The SMILES string of the molecule is FC1(F)Oc2ccc(CNNc3ccccc3)cc2OC1(F)F. The van der Waals surface area contributed by atoms with Crippen molar-refractivity contribution in [2.24, 2.45) is 0 Å². The molecule has 0 spiro atoms. The number of alkyl halides is 4. The van der Waals surface area contributed by atoms with Crippen molar-refractivity contribution in [3.8, 4) is 11.5 Å². The molecule has 1 heterocycles. The molecule has 2 aromatic carbocycles. The molecule has 2 aromatic rings. The fraction of sp³-hybridized carbons (Fsp3) is 0.200. The average molecular weight is 328 g/mol. The summed E-state index contributed by atoms with van der Waals surface area (Å²) in [5, 5.41) is 0. The van der Waals surface area contributed by atoms with Gasteiger partial charge < -0.3 is 14.9 Å². The van der Waals surface area contributed by atoms with E-state index in [1.807, 2.05) is 30.3 Å². The summed E-state index contributed by atoms with van der Waals surface area (Å²) in [4.78, 5) is 0. The Morgan fingerprint density at radius 3 is 2.17 bits per heavy atom. The van der Waals surface area contributed by atoms with Gasteiger partial charge in [-0.15, -0.1) is 0 Å². The van der Waals surface area contributed by atoms with Crippen molar-refractivity contribution in [1.29, 1.82) is 0 Å². The summed E-state index contributed by atoms with van der Waals surface area (Å²) in [5.41, 5.74) is 7.16. The summed E-state index contributed by atoms with van der Waals surface area (Å²) in [5.74, 6) is -0.861. The molecule has 0 bridgehead atoms. The number of para-hydroxylation sites is 1. The Labute approximate surface area is 129 Å². The molecule has 0 aliphatic carbocycles. The minimum Gasteiger partial charge on any atom is -0.421 e. The van der Waals surface area contributed by atoms with Gasteiger partial charge in [0.15, 0.2) is 11.5 Å². The third-order valence-corrected chi connectivity index (χ3v) is 3.12. The number of hydrogen-bond acceptors (Lipinski definition) is 4. The zero-order valence-electron chi connectivity index (χ0n) is 11.7. The van der Waals surface area contributed by atoms with E-state index in [0.717, 1.165) is 11.8 Å². The van der Waals surface area contributed by atoms with Crippen LogP contribution in [-0.2, 0) is 6.54 Å². The molecule has 0 amide bonds. The molecule has 23 heavy (non-hydrogen) atoms. The average Bonchev–Trinajstić information content (AvgIpc) is 2.49. The topological polar surface area (TPSA) is 42.5 Å². The molecule has 2 N–H and O–H groups in total. The fourth-order valence-electron chi connectivity index (χ4n) is 1.99. The number of fused-ring (bicyclic) bond motifs is 1. The van der Waals surface area contributed by atoms with E-state index in [9.17, 15) is 17.6 Å². The second-order valence-electron chi connectivity index (χ2n) is 4.86. The van der Waals surface area contributed by atoms with Gasteiger partial charge in [-0.25, -0.2) is 5.43 Å². The lowest BCUT2D eigenvalue weighted by Gasteiger charge is -2.32. The molecule has 1 aliphatic heterocycles. The van der Waals surface area contributed by atoms with Crippen molar-refractivity contribution in [2.75, 3.05) is 5.43 Å². The predicted octanol–water partition coefficient (Wildman–Crippen LogP) is 3.76. The summed E-state index contributed by atoms with van der Waals surface area (Å²) in [6.45, 7) is 0.257. The number of anilines is 1. The maximum atomic E-state index is 13.1. The van der Waals surface area contributed by atoms with E-state index in [1.54, 1.807) is 0 Å². The number of nitrogens with one attached hydrogen (secondary N) is 2. The van der Waals surface area contributed by atoms with E-state index in [-0.39, 0.29) is 6.54 Å². The fourth-order valence-corrected chi connectivity index (χ4v) is 1.99. The maximum absolute atomic E-state index is 13.1. The van der Waals surface area contributed by atoms with Gasteiger partial charge in [0.1, 0.15) is 0 Å². The summed E-state index contributed by atoms with van der Waals surface area (Å²) < 4.78 is 60.4. The first-order valence-corrected chi connectivity index (χ1v) is 6.68. The minimum atomic E-state index is -4.71. The lowest BCUT2D eigenvalue weighted by Crippen LogP contribution is -2.52. The highest BCUT2D eigenvalue weighted by Crippen LogP contribution is 2.46. The van der Waals surface area contributed by atoms with Crippen molar-refractivity contribution in [1.82, 2.24) is 5.43 Å². The van der Waals surface area contributed by atoms with Crippen molar-refractivity contribution in [3.63, 3.8) is 0 Å². The van der Waals surface area contributed by atoms with E-state index >= 15 is 0 Å². The van der Waals surface area contributed by atoms with Gasteiger partial charge in [0.2, 0.25) is 0 Å². The molecule has 122 valence electrons. The minimum absolute atomic E-state index is 0.257. The van der Waals surface area contributed by atoms with Crippen LogP contribution in [0.2, 0.25) is 0 Å². The van der Waals surface area contributed by atoms with Crippen molar-refractivity contribution >= 4 is 5.69 Å². The van der Waals surface area contributed by atoms with Crippen LogP contribution >= 0.6 is 0 Å². The molecule has 0 unspecified atom stereocenters. The Hall–Kier alpha value is -2.48. The van der Waals surface area contributed by atoms with Crippen LogP contribution in [0.5, 0.6) is 11.5 Å². The largest absolute Gasteiger partial charge is 0.507 e. The highest BCUT2D eigenvalue weighted by Gasteiger charge is 2.65. The zero-order valence-corrected chi connectivity index (χ0v) is 11.7. The number of halogens is 4. The Kier molecular flexibility index (Phi) is 3.77. The second kappa shape index (κ2) is 5.62. The van der Waals surface area contributed by atoms with Crippen LogP contribution in [0.15, 0.2) is 48.5 Å². The van der Waals surface area contributed by atoms with Crippen molar-refractivity contribution in [2.45, 2.75) is 18.8 Å². The van der Waals surface area contributed by atoms with E-state index in [2.05, 4.69) is 20.3 Å². The van der Waals surface area contributed by atoms with Gasteiger partial charge in [-0.05, 0) is 29.8 Å². The molecule has 0 radical (unpaired) electrons. The molecule has 0 saturated heterocycles. The summed E-state index contributed by atoms with van der Waals surface area (Å²) in [6.07, 6.45) is -9.41. The first-order chi connectivity index (χ1) is 10.9. The Balaban J connectivity index is 1.67. The first kappa shape index (κ1) is 15.4. The van der Waals surface area contributed by atoms with Crippen molar-refractivity contribution in [3.05, 3.63) is 54.1 Å². The van der Waals surface area contributed by atoms with Crippen LogP contribution in [0.1, 0.15) is 5.56 Å². The van der Waals surface area contributed by atoms with E-state index in [0.29, 0.717) is 5.56 Å². The molecular weight excluding hydrogens is 316 g/mol. The van der Waals surface area contributed by atoms with Crippen LogP contribution < -0.4 is 20.3 Å². The van der Waals surface area contributed by atoms with Gasteiger partial charge in [0, 0.05) is 12.2 Å². The maximum Gasteiger partial charge on any atom is 0.507 e. The molecule has 0 aromatic heterocycles. The number of hydrazine groups is 1. The number of ether oxygens (including phenoxy) is 2. The van der Waals surface area contributed by atoms with Gasteiger partial charge in [-0.3, -0.25) is 0 Å². The van der Waals surface area contributed by atoms with Crippen LogP contribution in [0.25, 0.3) is 0 Å². The Bertz CT molecular complexity index is 695. The first-order valence-electron chi connectivity index (χ1n) is 6.68. The standard InChI is InChI=1S/C15H12F4N2O2/c16-14(17)15(18,19)23-13-8-10(6-7-12(13)22-14)9-20-21-11-4-2-1-3-5-11/h1-8,20-21H,9H2. The lowest BCUT2D eigenvalue weighted by molar-refractivity contribution is -0.391. The smallest absolute Gasteiger partial charge is 0.421 e. The zero-order chi connectivity index (χ0) is 16.5. The normalized spacial score (nSPS) is 17.6. The number of hydrogen-bond donors (Lipinski definition) is 2. The summed E-state index contributed by atoms with van der Waals surface area (Å²) in [6, 6.07) is 13.1. The highest BCUT2D eigenvalue weighted by molar-refractivity contribution is 5.45. The van der Waals surface area contributed by atoms with Crippen LogP contribution in [0.4, 0.5) is 23.2 Å². The van der Waals surface area contributed by atoms with Gasteiger partial charge in [0.05, 0.1) is 0 Å². The van der Waals surface area contributed by atoms with E-state index in [4.69, 9.17) is 0 Å². The highest BCUT2D eigenvalue weighted by atomic mass is 19.3. The van der Waals surface area contributed by atoms with Crippen molar-refractivity contribution < 1.29 is 27.0 Å². The molecular formula is C15H12F4N2O2. The number of benzene rings is 2. The second-order valence-corrected chi connectivity index (χ2v) is 4.86. The number of rotatable bonds is 4. The molecule has 1 aliphatic rings. The van der Waals surface area contributed by atoms with Gasteiger partial charge in [-0.1, -0.05) is 24.3 Å². The predicted molar refractivity (Wildman–Crippen MR) is 74.5 cm³/mol. The van der Waals surface area contributed by atoms with Crippen LogP contribution in [0, 0.1) is 0 Å². The molecule has 4 nitrogen and oxygen atoms in total. The van der Waals surface area contributed by atoms with E-state index < -0.39 is 23.7 Å². The monoisotopic (exact) mass is 328 g/mol. The van der Waals surface area contributed by atoms with Gasteiger partial charge in [-0.2, -0.15) is 17.6 Å². The third kappa shape index (κ3) is 3.16. The third-order valence-electron chi connectivity index (χ3n) is 3.12. The van der Waals surface area contributed by atoms with Crippen LogP contribution in [-0.4, -0.2) is 12.2 Å². The Morgan fingerprint density at radius 1 is 0.826 bits per heavy atom.